The van der Waals surface area contributed by atoms with E-state index in [-0.39, 0.29) is 24.8 Å². The summed E-state index contributed by atoms with van der Waals surface area (Å²) in [6.45, 7) is 2.29. The third kappa shape index (κ3) is 5.48. The van der Waals surface area contributed by atoms with Crippen molar-refractivity contribution in [3.8, 4) is 11.6 Å². The summed E-state index contributed by atoms with van der Waals surface area (Å²) in [6.07, 6.45) is 0. The Bertz CT molecular complexity index is 1320. The molecule has 4 aromatic rings. The van der Waals surface area contributed by atoms with Gasteiger partial charge in [-0.15, -0.1) is 0 Å². The number of furan rings is 1. The molecule has 0 saturated heterocycles. The highest BCUT2D eigenvalue weighted by molar-refractivity contribution is 9.10. The van der Waals surface area contributed by atoms with Crippen molar-refractivity contribution in [3.05, 3.63) is 87.7 Å². The number of hydrogen-bond acceptors (Lipinski definition) is 7. The van der Waals surface area contributed by atoms with Crippen molar-refractivity contribution in [3.63, 3.8) is 0 Å². The number of ether oxygens (including phenoxy) is 2. The molecule has 2 N–H and O–H groups in total. The van der Waals surface area contributed by atoms with E-state index in [0.717, 1.165) is 22.3 Å². The summed E-state index contributed by atoms with van der Waals surface area (Å²) in [6, 6.07) is 18.1. The summed E-state index contributed by atoms with van der Waals surface area (Å²) in [5, 5.41) is 0.933. The minimum Gasteiger partial charge on any atom is -0.497 e. The van der Waals surface area contributed by atoms with Gasteiger partial charge in [-0.2, -0.15) is 0 Å². The molecule has 8 nitrogen and oxygen atoms in total. The largest absolute Gasteiger partial charge is 0.497 e. The van der Waals surface area contributed by atoms with E-state index in [1.54, 1.807) is 24.1 Å². The summed E-state index contributed by atoms with van der Waals surface area (Å²) < 4.78 is 17.4. The maximum absolute atomic E-state index is 13.8. The SMILES string of the molecule is COc1ccc(CN(C(=O)c2ccc(Br)c(OC)n2)[C@H](CON)c2cc3cc(C)ccc3o2)cc1. The molecule has 2 heterocycles. The third-order valence-corrected chi connectivity index (χ3v) is 6.25. The Labute approximate surface area is 211 Å². The Morgan fingerprint density at radius 1 is 1.09 bits per heavy atom. The van der Waals surface area contributed by atoms with Gasteiger partial charge in [-0.1, -0.05) is 23.8 Å². The van der Waals surface area contributed by atoms with Crippen LogP contribution >= 0.6 is 15.9 Å². The number of fused-ring (bicyclic) bond motifs is 1. The van der Waals surface area contributed by atoms with Gasteiger partial charge in [-0.05, 0) is 70.9 Å². The number of aromatic nitrogens is 1. The topological polar surface area (TPSA) is 100 Å². The summed E-state index contributed by atoms with van der Waals surface area (Å²) >= 11 is 3.38. The monoisotopic (exact) mass is 539 g/mol. The summed E-state index contributed by atoms with van der Waals surface area (Å²) in [5.41, 5.74) is 2.92. The molecule has 0 saturated carbocycles. The number of nitrogens with two attached hydrogens (primary N) is 1. The van der Waals surface area contributed by atoms with Crippen molar-refractivity contribution in [1.29, 1.82) is 0 Å². The minimum atomic E-state index is -0.612. The van der Waals surface area contributed by atoms with Crippen LogP contribution in [-0.4, -0.2) is 36.6 Å². The lowest BCUT2D eigenvalue weighted by Crippen LogP contribution is -2.37. The fraction of sp³-hybridized carbons (Fsp3) is 0.231. The Morgan fingerprint density at radius 3 is 2.54 bits per heavy atom. The summed E-state index contributed by atoms with van der Waals surface area (Å²) in [5.74, 6) is 6.78. The molecule has 0 radical (unpaired) electrons. The predicted molar refractivity (Wildman–Crippen MR) is 135 cm³/mol. The number of carbonyl (C=O) groups excluding carboxylic acids is 1. The first-order valence-corrected chi connectivity index (χ1v) is 11.7. The normalized spacial score (nSPS) is 11.9. The lowest BCUT2D eigenvalue weighted by Gasteiger charge is -2.30. The summed E-state index contributed by atoms with van der Waals surface area (Å²) in [4.78, 5) is 24.9. The van der Waals surface area contributed by atoms with Gasteiger partial charge in [-0.3, -0.25) is 4.79 Å². The first kappa shape index (κ1) is 24.7. The second-order valence-electron chi connectivity index (χ2n) is 8.01. The van der Waals surface area contributed by atoms with E-state index in [1.165, 1.54) is 7.11 Å². The number of aryl methyl sites for hydroxylation is 1. The Morgan fingerprint density at radius 2 is 1.86 bits per heavy atom. The van der Waals surface area contributed by atoms with Gasteiger partial charge in [-0.25, -0.2) is 10.9 Å². The average molecular weight is 540 g/mol. The van der Waals surface area contributed by atoms with E-state index in [9.17, 15) is 4.79 Å². The molecule has 0 unspecified atom stereocenters. The number of carbonyl (C=O) groups is 1. The van der Waals surface area contributed by atoms with E-state index < -0.39 is 6.04 Å². The quantitative estimate of drug-likeness (QED) is 0.292. The van der Waals surface area contributed by atoms with Gasteiger partial charge in [0.25, 0.3) is 5.91 Å². The number of amides is 1. The van der Waals surface area contributed by atoms with Gasteiger partial charge in [0.1, 0.15) is 28.8 Å². The van der Waals surface area contributed by atoms with Gasteiger partial charge >= 0.3 is 0 Å². The zero-order chi connectivity index (χ0) is 24.9. The Kier molecular flexibility index (Phi) is 7.70. The molecule has 1 amide bonds. The van der Waals surface area contributed by atoms with Crippen LogP contribution in [0.1, 0.15) is 33.4 Å². The summed E-state index contributed by atoms with van der Waals surface area (Å²) in [7, 11) is 3.10. The molecule has 1 atom stereocenters. The highest BCUT2D eigenvalue weighted by Crippen LogP contribution is 2.32. The predicted octanol–water partition coefficient (Wildman–Crippen LogP) is 5.19. The lowest BCUT2D eigenvalue weighted by atomic mass is 10.1. The first-order valence-electron chi connectivity index (χ1n) is 10.9. The van der Waals surface area contributed by atoms with Gasteiger partial charge in [0.15, 0.2) is 0 Å². The van der Waals surface area contributed by atoms with Crippen molar-refractivity contribution in [2.45, 2.75) is 19.5 Å². The minimum absolute atomic E-state index is 0.0222. The number of benzene rings is 2. The maximum Gasteiger partial charge on any atom is 0.273 e. The number of hydrogen-bond donors (Lipinski definition) is 1. The van der Waals surface area contributed by atoms with Crippen molar-refractivity contribution >= 4 is 32.8 Å². The lowest BCUT2D eigenvalue weighted by molar-refractivity contribution is 0.0340. The maximum atomic E-state index is 13.8. The van der Waals surface area contributed by atoms with Crippen molar-refractivity contribution in [2.24, 2.45) is 5.90 Å². The number of halogens is 1. The highest BCUT2D eigenvalue weighted by atomic mass is 79.9. The zero-order valence-corrected chi connectivity index (χ0v) is 21.2. The van der Waals surface area contributed by atoms with Crippen LogP contribution in [0.25, 0.3) is 11.0 Å². The zero-order valence-electron chi connectivity index (χ0n) is 19.7. The number of rotatable bonds is 9. The van der Waals surface area contributed by atoms with Crippen LogP contribution in [0.2, 0.25) is 0 Å². The van der Waals surface area contributed by atoms with Crippen LogP contribution < -0.4 is 15.4 Å². The van der Waals surface area contributed by atoms with Crippen LogP contribution in [0.15, 0.2) is 69.6 Å². The molecule has 0 bridgehead atoms. The number of methoxy groups -OCH3 is 2. The second kappa shape index (κ2) is 10.9. The van der Waals surface area contributed by atoms with Gasteiger partial charge < -0.3 is 23.6 Å². The van der Waals surface area contributed by atoms with Gasteiger partial charge in [0.2, 0.25) is 5.88 Å². The first-order chi connectivity index (χ1) is 16.9. The third-order valence-electron chi connectivity index (χ3n) is 5.65. The molecule has 2 aromatic carbocycles. The van der Waals surface area contributed by atoms with E-state index in [1.807, 2.05) is 55.5 Å². The van der Waals surface area contributed by atoms with Crippen LogP contribution in [0.4, 0.5) is 0 Å². The van der Waals surface area contributed by atoms with Crippen LogP contribution in [0.3, 0.4) is 0 Å². The fourth-order valence-electron chi connectivity index (χ4n) is 3.85. The average Bonchev–Trinajstić information content (AvgIpc) is 3.29. The van der Waals surface area contributed by atoms with Crippen LogP contribution in [0.5, 0.6) is 11.6 Å². The molecule has 4 rings (SSSR count). The van der Waals surface area contributed by atoms with Gasteiger partial charge in [0, 0.05) is 11.9 Å². The van der Waals surface area contributed by atoms with Crippen molar-refractivity contribution < 1.29 is 23.5 Å². The van der Waals surface area contributed by atoms with Crippen LogP contribution in [-0.2, 0) is 11.4 Å². The standard InChI is InChI=1S/C26H26BrN3O5/c1-16-4-11-23-18(12-16)13-24(35-23)22(15-34-28)30(14-17-5-7-19(32-2)8-6-17)26(31)21-10-9-20(27)25(29-21)33-3/h4-13,22H,14-15,28H2,1-3H3/t22-/m1/s1. The molecule has 182 valence electrons. The smallest absolute Gasteiger partial charge is 0.273 e. The molecule has 0 fully saturated rings. The molecule has 35 heavy (non-hydrogen) atoms. The number of nitrogens with zero attached hydrogens (tertiary/aromatic N) is 2. The Hall–Kier alpha value is -3.40. The van der Waals surface area contributed by atoms with E-state index in [0.29, 0.717) is 21.7 Å². The molecule has 9 heteroatoms. The second-order valence-corrected chi connectivity index (χ2v) is 8.86. The molecular weight excluding hydrogens is 514 g/mol. The van der Waals surface area contributed by atoms with Crippen LogP contribution in [0, 0.1) is 6.92 Å². The number of pyridine rings is 1. The molecular formula is C26H26BrN3O5. The van der Waals surface area contributed by atoms with E-state index in [2.05, 4.69) is 20.9 Å². The van der Waals surface area contributed by atoms with Crippen molar-refractivity contribution in [2.75, 3.05) is 20.8 Å². The molecule has 0 spiro atoms. The molecule has 2 aromatic heterocycles. The Balaban J connectivity index is 1.78. The molecule has 0 aliphatic rings. The van der Waals surface area contributed by atoms with E-state index >= 15 is 0 Å². The molecule has 0 aliphatic heterocycles. The molecule has 0 aliphatic carbocycles. The fourth-order valence-corrected chi connectivity index (χ4v) is 4.23. The van der Waals surface area contributed by atoms with Gasteiger partial charge in [0.05, 0.1) is 25.3 Å². The highest BCUT2D eigenvalue weighted by Gasteiger charge is 2.31. The van der Waals surface area contributed by atoms with E-state index in [4.69, 9.17) is 24.6 Å². The van der Waals surface area contributed by atoms with Crippen molar-refractivity contribution in [1.82, 2.24) is 9.88 Å².